The molecule has 2 amide bonds. The molecule has 2 N–H and O–H groups in total. The van der Waals surface area contributed by atoms with E-state index in [0.29, 0.717) is 35.2 Å². The van der Waals surface area contributed by atoms with E-state index in [1.807, 2.05) is 37.3 Å². The summed E-state index contributed by atoms with van der Waals surface area (Å²) in [5, 5.41) is 5.12. The third-order valence-corrected chi connectivity index (χ3v) is 3.73. The Hall–Kier alpha value is -3.80. The number of hydrogen-bond acceptors (Lipinski definition) is 4. The highest BCUT2D eigenvalue weighted by atomic mass is 16.5. The second kappa shape index (κ2) is 9.23. The van der Waals surface area contributed by atoms with Gasteiger partial charge in [0.05, 0.1) is 12.3 Å². The molecule has 3 rings (SSSR count). The van der Waals surface area contributed by atoms with Crippen LogP contribution in [0.2, 0.25) is 0 Å². The average molecular weight is 376 g/mol. The Morgan fingerprint density at radius 1 is 0.750 bits per heavy atom. The van der Waals surface area contributed by atoms with Crippen molar-refractivity contribution in [1.29, 1.82) is 0 Å². The van der Waals surface area contributed by atoms with Crippen molar-refractivity contribution in [3.05, 3.63) is 78.9 Å². The van der Waals surface area contributed by atoms with Crippen molar-refractivity contribution < 1.29 is 19.1 Å². The summed E-state index contributed by atoms with van der Waals surface area (Å²) in [6.07, 6.45) is 0. The number of nitrogens with one attached hydrogen (secondary N) is 2. The Balaban J connectivity index is 1.59. The van der Waals surface area contributed by atoms with Crippen molar-refractivity contribution in [2.45, 2.75) is 6.92 Å². The minimum Gasteiger partial charge on any atom is -0.492 e. The second-order valence-electron chi connectivity index (χ2n) is 5.78. The van der Waals surface area contributed by atoms with Crippen molar-refractivity contribution in [1.82, 2.24) is 0 Å². The predicted molar refractivity (Wildman–Crippen MR) is 108 cm³/mol. The van der Waals surface area contributed by atoms with Crippen LogP contribution >= 0.6 is 0 Å². The summed E-state index contributed by atoms with van der Waals surface area (Å²) >= 11 is 0. The Morgan fingerprint density at radius 3 is 2.07 bits per heavy atom. The molecule has 3 aromatic rings. The molecule has 0 fully saturated rings. The smallest absolute Gasteiger partial charge is 0.314 e. The summed E-state index contributed by atoms with van der Waals surface area (Å²) in [6, 6.07) is 23.1. The van der Waals surface area contributed by atoms with Gasteiger partial charge in [-0.2, -0.15) is 0 Å². The van der Waals surface area contributed by atoms with Gasteiger partial charge in [0, 0.05) is 5.69 Å². The standard InChI is InChI=1S/C22H20N2O4/c1-2-27-20-11-7-6-10-19(20)24-22(26)21(25)23-16-12-14-18(15-13-16)28-17-8-4-3-5-9-17/h3-15H,2H2,1H3,(H,23,25)(H,24,26). The number of rotatable bonds is 6. The van der Waals surface area contributed by atoms with Gasteiger partial charge in [0.1, 0.15) is 17.2 Å². The van der Waals surface area contributed by atoms with Gasteiger partial charge < -0.3 is 20.1 Å². The molecule has 0 spiro atoms. The lowest BCUT2D eigenvalue weighted by Gasteiger charge is -2.11. The van der Waals surface area contributed by atoms with E-state index in [0.717, 1.165) is 0 Å². The highest BCUT2D eigenvalue weighted by Gasteiger charge is 2.16. The van der Waals surface area contributed by atoms with Crippen LogP contribution in [0.3, 0.4) is 0 Å². The molecule has 6 heteroatoms. The minimum absolute atomic E-state index is 0.441. The van der Waals surface area contributed by atoms with Crippen LogP contribution in [0.15, 0.2) is 78.9 Å². The van der Waals surface area contributed by atoms with Crippen LogP contribution < -0.4 is 20.1 Å². The fourth-order valence-electron chi connectivity index (χ4n) is 2.45. The zero-order chi connectivity index (χ0) is 19.8. The molecule has 6 nitrogen and oxygen atoms in total. The molecule has 0 atom stereocenters. The second-order valence-corrected chi connectivity index (χ2v) is 5.78. The van der Waals surface area contributed by atoms with E-state index in [1.54, 1.807) is 48.5 Å². The summed E-state index contributed by atoms with van der Waals surface area (Å²) in [5.74, 6) is 0.291. The topological polar surface area (TPSA) is 76.7 Å². The number of benzene rings is 3. The molecule has 28 heavy (non-hydrogen) atoms. The molecule has 142 valence electrons. The van der Waals surface area contributed by atoms with Crippen LogP contribution in [0.5, 0.6) is 17.2 Å². The van der Waals surface area contributed by atoms with Gasteiger partial charge in [-0.1, -0.05) is 30.3 Å². The first-order valence-electron chi connectivity index (χ1n) is 8.83. The van der Waals surface area contributed by atoms with Crippen molar-refractivity contribution in [2.24, 2.45) is 0 Å². The maximum Gasteiger partial charge on any atom is 0.314 e. The van der Waals surface area contributed by atoms with Crippen molar-refractivity contribution >= 4 is 23.2 Å². The fourth-order valence-corrected chi connectivity index (χ4v) is 2.45. The van der Waals surface area contributed by atoms with Crippen LogP contribution in [0.25, 0.3) is 0 Å². The predicted octanol–water partition coefficient (Wildman–Crippen LogP) is 4.45. The molecule has 0 aliphatic heterocycles. The van der Waals surface area contributed by atoms with E-state index in [-0.39, 0.29) is 0 Å². The molecule has 0 saturated carbocycles. The SMILES string of the molecule is CCOc1ccccc1NC(=O)C(=O)Nc1ccc(Oc2ccccc2)cc1. The Morgan fingerprint density at radius 2 is 1.36 bits per heavy atom. The minimum atomic E-state index is -0.781. The zero-order valence-corrected chi connectivity index (χ0v) is 15.3. The number of ether oxygens (including phenoxy) is 2. The Bertz CT molecular complexity index is 940. The summed E-state index contributed by atoms with van der Waals surface area (Å²) in [7, 11) is 0. The molecular weight excluding hydrogens is 356 g/mol. The molecule has 0 heterocycles. The van der Waals surface area contributed by atoms with Gasteiger partial charge >= 0.3 is 11.8 Å². The molecule has 0 saturated heterocycles. The number of anilines is 2. The monoisotopic (exact) mass is 376 g/mol. The maximum atomic E-state index is 12.2. The molecule has 0 radical (unpaired) electrons. The van der Waals surface area contributed by atoms with Crippen LogP contribution in [0, 0.1) is 0 Å². The largest absolute Gasteiger partial charge is 0.492 e. The van der Waals surface area contributed by atoms with Gasteiger partial charge in [0.2, 0.25) is 0 Å². The Kier molecular flexibility index (Phi) is 6.25. The van der Waals surface area contributed by atoms with Gasteiger partial charge in [-0.3, -0.25) is 9.59 Å². The fraction of sp³-hybridized carbons (Fsp3) is 0.0909. The molecule has 0 aromatic heterocycles. The van der Waals surface area contributed by atoms with Crippen LogP contribution in [0.1, 0.15) is 6.92 Å². The molecule has 0 aliphatic rings. The van der Waals surface area contributed by atoms with Crippen LogP contribution in [0.4, 0.5) is 11.4 Å². The van der Waals surface area contributed by atoms with E-state index in [1.165, 1.54) is 0 Å². The molecule has 0 aliphatic carbocycles. The van der Waals surface area contributed by atoms with Gasteiger partial charge in [-0.05, 0) is 55.5 Å². The number of carbonyl (C=O) groups excluding carboxylic acids is 2. The summed E-state index contributed by atoms with van der Waals surface area (Å²) in [6.45, 7) is 2.30. The van der Waals surface area contributed by atoms with Crippen molar-refractivity contribution in [2.75, 3.05) is 17.2 Å². The van der Waals surface area contributed by atoms with Crippen LogP contribution in [-0.4, -0.2) is 18.4 Å². The maximum absolute atomic E-state index is 12.2. The van der Waals surface area contributed by atoms with Gasteiger partial charge in [-0.25, -0.2) is 0 Å². The summed E-state index contributed by atoms with van der Waals surface area (Å²) < 4.78 is 11.1. The molecule has 0 unspecified atom stereocenters. The van der Waals surface area contributed by atoms with Crippen LogP contribution in [-0.2, 0) is 9.59 Å². The number of carbonyl (C=O) groups is 2. The molecule has 3 aromatic carbocycles. The zero-order valence-electron chi connectivity index (χ0n) is 15.3. The quantitative estimate of drug-likeness (QED) is 0.623. The first kappa shape index (κ1) is 19.0. The van der Waals surface area contributed by atoms with Crippen molar-refractivity contribution in [3.8, 4) is 17.2 Å². The van der Waals surface area contributed by atoms with E-state index in [4.69, 9.17) is 9.47 Å². The van der Waals surface area contributed by atoms with E-state index in [2.05, 4.69) is 10.6 Å². The number of para-hydroxylation sites is 3. The van der Waals surface area contributed by atoms with Crippen molar-refractivity contribution in [3.63, 3.8) is 0 Å². The lowest BCUT2D eigenvalue weighted by atomic mass is 10.2. The molecular formula is C22H20N2O4. The summed E-state index contributed by atoms with van der Waals surface area (Å²) in [4.78, 5) is 24.3. The first-order valence-corrected chi connectivity index (χ1v) is 8.83. The van der Waals surface area contributed by atoms with Gasteiger partial charge in [-0.15, -0.1) is 0 Å². The van der Waals surface area contributed by atoms with E-state index in [9.17, 15) is 9.59 Å². The first-order chi connectivity index (χ1) is 13.7. The number of hydrogen-bond donors (Lipinski definition) is 2. The van der Waals surface area contributed by atoms with Gasteiger partial charge in [0.25, 0.3) is 0 Å². The highest BCUT2D eigenvalue weighted by molar-refractivity contribution is 6.43. The third kappa shape index (κ3) is 5.11. The normalized spacial score (nSPS) is 10.0. The Labute approximate surface area is 163 Å². The molecule has 0 bridgehead atoms. The van der Waals surface area contributed by atoms with Gasteiger partial charge in [0.15, 0.2) is 0 Å². The number of amides is 2. The third-order valence-electron chi connectivity index (χ3n) is 3.73. The lowest BCUT2D eigenvalue weighted by Crippen LogP contribution is -2.29. The average Bonchev–Trinajstić information content (AvgIpc) is 2.72. The van der Waals surface area contributed by atoms with E-state index >= 15 is 0 Å². The van der Waals surface area contributed by atoms with E-state index < -0.39 is 11.8 Å². The highest BCUT2D eigenvalue weighted by Crippen LogP contribution is 2.24. The summed E-state index contributed by atoms with van der Waals surface area (Å²) in [5.41, 5.74) is 0.926. The lowest BCUT2D eigenvalue weighted by molar-refractivity contribution is -0.133.